The molecule has 1 aromatic heterocycles. The fourth-order valence-corrected chi connectivity index (χ4v) is 2.84. The molecule has 20 heavy (non-hydrogen) atoms. The van der Waals surface area contributed by atoms with Gasteiger partial charge in [-0.25, -0.2) is 0 Å². The number of aryl methyl sites for hydroxylation is 1. The summed E-state index contributed by atoms with van der Waals surface area (Å²) in [6, 6.07) is 0. The van der Waals surface area contributed by atoms with E-state index in [9.17, 15) is 0 Å². The summed E-state index contributed by atoms with van der Waals surface area (Å²) < 4.78 is 5.44. The fourth-order valence-electron chi connectivity index (χ4n) is 2.84. The second kappa shape index (κ2) is 7.44. The molecule has 0 aromatic carbocycles. The van der Waals surface area contributed by atoms with Crippen molar-refractivity contribution >= 4 is 0 Å². The largest absolute Gasteiger partial charge is 0.496 e. The second-order valence-corrected chi connectivity index (χ2v) is 5.58. The lowest BCUT2D eigenvalue weighted by atomic mass is 9.97. The first-order valence-electron chi connectivity index (χ1n) is 7.60. The standard InChI is InChI=1S/C17H26N2O/c1-13-11-19-16(14(2)17(13)20-3)12-18-10-9-15-7-5-4-6-8-15/h7,11,18H,4-6,8-10,12H2,1-3H3. The van der Waals surface area contributed by atoms with Crippen LogP contribution in [0.15, 0.2) is 17.8 Å². The zero-order valence-corrected chi connectivity index (χ0v) is 13.0. The van der Waals surface area contributed by atoms with Gasteiger partial charge in [0.15, 0.2) is 0 Å². The molecular formula is C17H26N2O. The highest BCUT2D eigenvalue weighted by atomic mass is 16.5. The minimum absolute atomic E-state index is 0.815. The Hall–Kier alpha value is -1.35. The lowest BCUT2D eigenvalue weighted by Gasteiger charge is -2.14. The minimum atomic E-state index is 0.815. The molecule has 1 aliphatic rings. The van der Waals surface area contributed by atoms with E-state index in [1.807, 2.05) is 13.1 Å². The molecule has 3 heteroatoms. The molecule has 0 saturated heterocycles. The van der Waals surface area contributed by atoms with Crippen LogP contribution in [0.1, 0.15) is 48.9 Å². The van der Waals surface area contributed by atoms with Crippen molar-refractivity contribution in [3.63, 3.8) is 0 Å². The Bertz CT molecular complexity index is 480. The van der Waals surface area contributed by atoms with Crippen LogP contribution in [0.3, 0.4) is 0 Å². The van der Waals surface area contributed by atoms with Gasteiger partial charge in [0.05, 0.1) is 12.8 Å². The summed E-state index contributed by atoms with van der Waals surface area (Å²) in [4.78, 5) is 4.51. The summed E-state index contributed by atoms with van der Waals surface area (Å²) in [6.07, 6.45) is 10.8. The highest BCUT2D eigenvalue weighted by Gasteiger charge is 2.09. The van der Waals surface area contributed by atoms with Gasteiger partial charge >= 0.3 is 0 Å². The van der Waals surface area contributed by atoms with Crippen molar-refractivity contribution in [2.45, 2.75) is 52.5 Å². The van der Waals surface area contributed by atoms with E-state index in [0.717, 1.165) is 35.7 Å². The van der Waals surface area contributed by atoms with E-state index >= 15 is 0 Å². The number of allylic oxidation sites excluding steroid dienone is 1. The first kappa shape index (κ1) is 15.0. The molecule has 1 heterocycles. The molecule has 1 aromatic rings. The lowest BCUT2D eigenvalue weighted by Crippen LogP contribution is -2.17. The number of nitrogens with zero attached hydrogens (tertiary/aromatic N) is 1. The molecule has 0 radical (unpaired) electrons. The summed E-state index contributed by atoms with van der Waals surface area (Å²) >= 11 is 0. The third-order valence-electron chi connectivity index (χ3n) is 4.05. The van der Waals surface area contributed by atoms with Crippen LogP contribution in [0.5, 0.6) is 5.75 Å². The molecular weight excluding hydrogens is 248 g/mol. The van der Waals surface area contributed by atoms with E-state index in [-0.39, 0.29) is 0 Å². The van der Waals surface area contributed by atoms with Crippen molar-refractivity contribution in [1.29, 1.82) is 0 Å². The van der Waals surface area contributed by atoms with Crippen molar-refractivity contribution in [1.82, 2.24) is 10.3 Å². The number of aromatic nitrogens is 1. The Balaban J connectivity index is 1.83. The Labute approximate surface area is 122 Å². The van der Waals surface area contributed by atoms with E-state index < -0.39 is 0 Å². The van der Waals surface area contributed by atoms with Gasteiger partial charge in [-0.3, -0.25) is 4.98 Å². The van der Waals surface area contributed by atoms with Gasteiger partial charge in [-0.05, 0) is 52.5 Å². The van der Waals surface area contributed by atoms with Gasteiger partial charge in [-0.15, -0.1) is 0 Å². The van der Waals surface area contributed by atoms with Crippen molar-refractivity contribution in [3.05, 3.63) is 34.7 Å². The average Bonchev–Trinajstić information content (AvgIpc) is 2.47. The van der Waals surface area contributed by atoms with Gasteiger partial charge in [-0.2, -0.15) is 0 Å². The summed E-state index contributed by atoms with van der Waals surface area (Å²) in [7, 11) is 1.72. The molecule has 0 bridgehead atoms. The van der Waals surface area contributed by atoms with E-state index in [1.54, 1.807) is 12.7 Å². The summed E-state index contributed by atoms with van der Waals surface area (Å²) in [5.41, 5.74) is 4.96. The molecule has 0 aliphatic heterocycles. The topological polar surface area (TPSA) is 34.1 Å². The van der Waals surface area contributed by atoms with Gasteiger partial charge in [0.25, 0.3) is 0 Å². The first-order valence-corrected chi connectivity index (χ1v) is 7.60. The van der Waals surface area contributed by atoms with E-state index in [4.69, 9.17) is 4.74 Å². The van der Waals surface area contributed by atoms with Crippen molar-refractivity contribution in [3.8, 4) is 5.75 Å². The summed E-state index contributed by atoms with van der Waals surface area (Å²) in [5, 5.41) is 3.50. The summed E-state index contributed by atoms with van der Waals surface area (Å²) in [6.45, 7) is 5.96. The molecule has 0 amide bonds. The number of hydrogen-bond acceptors (Lipinski definition) is 3. The molecule has 1 aliphatic carbocycles. The van der Waals surface area contributed by atoms with Crippen LogP contribution in [-0.4, -0.2) is 18.6 Å². The number of nitrogens with one attached hydrogen (secondary N) is 1. The fraction of sp³-hybridized carbons (Fsp3) is 0.588. The van der Waals surface area contributed by atoms with Gasteiger partial charge < -0.3 is 10.1 Å². The quantitative estimate of drug-likeness (QED) is 0.634. The van der Waals surface area contributed by atoms with Gasteiger partial charge in [0.2, 0.25) is 0 Å². The highest BCUT2D eigenvalue weighted by Crippen LogP contribution is 2.24. The number of methoxy groups -OCH3 is 1. The summed E-state index contributed by atoms with van der Waals surface area (Å²) in [5.74, 6) is 0.965. The maximum absolute atomic E-state index is 5.44. The Kier molecular flexibility index (Phi) is 5.60. The van der Waals surface area contributed by atoms with Crippen molar-refractivity contribution in [2.24, 2.45) is 0 Å². The number of hydrogen-bond donors (Lipinski definition) is 1. The molecule has 0 fully saturated rings. The number of pyridine rings is 1. The zero-order valence-electron chi connectivity index (χ0n) is 13.0. The zero-order chi connectivity index (χ0) is 14.4. The molecule has 0 atom stereocenters. The Morgan fingerprint density at radius 2 is 2.15 bits per heavy atom. The molecule has 3 nitrogen and oxygen atoms in total. The van der Waals surface area contributed by atoms with Gasteiger partial charge in [0.1, 0.15) is 5.75 Å². The molecule has 110 valence electrons. The minimum Gasteiger partial charge on any atom is -0.496 e. The highest BCUT2D eigenvalue weighted by molar-refractivity contribution is 5.40. The molecule has 0 spiro atoms. The average molecular weight is 274 g/mol. The number of ether oxygens (including phenoxy) is 1. The van der Waals surface area contributed by atoms with Crippen LogP contribution in [0.25, 0.3) is 0 Å². The predicted molar refractivity (Wildman–Crippen MR) is 83.1 cm³/mol. The SMILES string of the molecule is COc1c(C)cnc(CNCCC2=CCCCC2)c1C. The van der Waals surface area contributed by atoms with Gasteiger partial charge in [0, 0.05) is 23.9 Å². The third kappa shape index (κ3) is 3.83. The molecule has 0 saturated carbocycles. The van der Waals surface area contributed by atoms with Crippen LogP contribution < -0.4 is 10.1 Å². The lowest BCUT2D eigenvalue weighted by molar-refractivity contribution is 0.406. The third-order valence-corrected chi connectivity index (χ3v) is 4.05. The number of rotatable bonds is 6. The predicted octanol–water partition coefficient (Wildman–Crippen LogP) is 3.69. The maximum atomic E-state index is 5.44. The normalized spacial score (nSPS) is 15.1. The van der Waals surface area contributed by atoms with E-state index in [2.05, 4.69) is 23.3 Å². The van der Waals surface area contributed by atoms with Crippen LogP contribution >= 0.6 is 0 Å². The molecule has 2 rings (SSSR count). The van der Waals surface area contributed by atoms with Crippen LogP contribution in [0.2, 0.25) is 0 Å². The van der Waals surface area contributed by atoms with E-state index in [1.165, 1.54) is 32.1 Å². The Morgan fingerprint density at radius 1 is 1.30 bits per heavy atom. The van der Waals surface area contributed by atoms with E-state index in [0.29, 0.717) is 0 Å². The van der Waals surface area contributed by atoms with Crippen LogP contribution in [-0.2, 0) is 6.54 Å². The van der Waals surface area contributed by atoms with Crippen LogP contribution in [0, 0.1) is 13.8 Å². The second-order valence-electron chi connectivity index (χ2n) is 5.58. The molecule has 0 unspecified atom stereocenters. The first-order chi connectivity index (χ1) is 9.72. The van der Waals surface area contributed by atoms with Gasteiger partial charge in [-0.1, -0.05) is 11.6 Å². The Morgan fingerprint density at radius 3 is 2.85 bits per heavy atom. The van der Waals surface area contributed by atoms with Crippen LogP contribution in [0.4, 0.5) is 0 Å². The van der Waals surface area contributed by atoms with Crippen molar-refractivity contribution < 1.29 is 4.74 Å². The monoisotopic (exact) mass is 274 g/mol. The van der Waals surface area contributed by atoms with Crippen molar-refractivity contribution in [2.75, 3.05) is 13.7 Å². The molecule has 1 N–H and O–H groups in total. The smallest absolute Gasteiger partial charge is 0.128 e. The maximum Gasteiger partial charge on any atom is 0.128 e.